The predicted molar refractivity (Wildman–Crippen MR) is 85.2 cm³/mol. The fourth-order valence-corrected chi connectivity index (χ4v) is 2.95. The van der Waals surface area contributed by atoms with E-state index in [0.29, 0.717) is 11.6 Å². The second-order valence-electron chi connectivity index (χ2n) is 6.63. The van der Waals surface area contributed by atoms with Gasteiger partial charge in [0, 0.05) is 32.2 Å². The normalized spacial score (nSPS) is 22.0. The average Bonchev–Trinajstić information content (AvgIpc) is 2.87. The minimum absolute atomic E-state index is 0.0753. The highest BCUT2D eigenvalue weighted by Gasteiger charge is 2.36. The van der Waals surface area contributed by atoms with Gasteiger partial charge in [0.15, 0.2) is 0 Å². The molecule has 0 amide bonds. The zero-order chi connectivity index (χ0) is 15.3. The number of ether oxygens (including phenoxy) is 1. The number of nitrogens with zero attached hydrogens (tertiary/aromatic N) is 1. The van der Waals surface area contributed by atoms with Crippen molar-refractivity contribution in [3.63, 3.8) is 0 Å². The molecule has 1 fully saturated rings. The third-order valence-corrected chi connectivity index (χ3v) is 4.07. The number of anilines is 1. The topological polar surface area (TPSA) is 24.5 Å². The second-order valence-corrected chi connectivity index (χ2v) is 6.63. The van der Waals surface area contributed by atoms with Crippen molar-refractivity contribution in [1.29, 1.82) is 0 Å². The summed E-state index contributed by atoms with van der Waals surface area (Å²) in [6.07, 6.45) is 1.02. The van der Waals surface area contributed by atoms with Gasteiger partial charge in [0.1, 0.15) is 5.82 Å². The van der Waals surface area contributed by atoms with Gasteiger partial charge in [-0.15, -0.1) is 0 Å². The summed E-state index contributed by atoms with van der Waals surface area (Å²) in [5.41, 5.74) is 0.735. The fraction of sp³-hybridized carbons (Fsp3) is 0.647. The average molecular weight is 294 g/mol. The highest BCUT2D eigenvalue weighted by Crippen LogP contribution is 2.31. The first kappa shape index (κ1) is 16.2. The Morgan fingerprint density at radius 3 is 2.76 bits per heavy atom. The van der Waals surface area contributed by atoms with E-state index in [-0.39, 0.29) is 11.2 Å². The van der Waals surface area contributed by atoms with Crippen molar-refractivity contribution in [3.05, 3.63) is 30.1 Å². The van der Waals surface area contributed by atoms with E-state index in [9.17, 15) is 4.39 Å². The molecular weight excluding hydrogens is 267 g/mol. The van der Waals surface area contributed by atoms with Crippen LogP contribution in [0.4, 0.5) is 10.1 Å². The van der Waals surface area contributed by atoms with Crippen molar-refractivity contribution in [1.82, 2.24) is 5.32 Å². The quantitative estimate of drug-likeness (QED) is 0.837. The molecule has 0 spiro atoms. The molecule has 0 aromatic heterocycles. The Bertz CT molecular complexity index is 444. The minimum Gasteiger partial charge on any atom is -0.381 e. The van der Waals surface area contributed by atoms with E-state index in [0.717, 1.165) is 39.3 Å². The smallest absolute Gasteiger partial charge is 0.146 e. The Hall–Kier alpha value is -1.13. The fourth-order valence-electron chi connectivity index (χ4n) is 2.95. The van der Waals surface area contributed by atoms with Crippen molar-refractivity contribution in [2.24, 2.45) is 11.3 Å². The number of nitrogens with one attached hydrogen (secondary N) is 1. The van der Waals surface area contributed by atoms with E-state index in [1.54, 1.807) is 6.07 Å². The molecule has 1 aromatic rings. The monoisotopic (exact) mass is 294 g/mol. The minimum atomic E-state index is -0.163. The maximum atomic E-state index is 13.9. The highest BCUT2D eigenvalue weighted by atomic mass is 19.1. The van der Waals surface area contributed by atoms with Crippen LogP contribution in [0.2, 0.25) is 0 Å². The summed E-state index contributed by atoms with van der Waals surface area (Å²) >= 11 is 0. The lowest BCUT2D eigenvalue weighted by molar-refractivity contribution is 0.152. The molecule has 1 saturated heterocycles. The number of para-hydroxylation sites is 1. The molecule has 1 unspecified atom stereocenters. The third-order valence-electron chi connectivity index (χ3n) is 4.07. The molecule has 118 valence electrons. The van der Waals surface area contributed by atoms with Crippen molar-refractivity contribution in [3.8, 4) is 0 Å². The van der Waals surface area contributed by atoms with Crippen LogP contribution in [0, 0.1) is 17.2 Å². The maximum absolute atomic E-state index is 13.9. The summed E-state index contributed by atoms with van der Waals surface area (Å²) in [5.74, 6) is 0.470. The molecule has 21 heavy (non-hydrogen) atoms. The van der Waals surface area contributed by atoms with Crippen LogP contribution >= 0.6 is 0 Å². The Morgan fingerprint density at radius 2 is 2.14 bits per heavy atom. The Morgan fingerprint density at radius 1 is 1.38 bits per heavy atom. The van der Waals surface area contributed by atoms with Gasteiger partial charge in [0.05, 0.1) is 12.3 Å². The molecule has 1 heterocycles. The molecule has 0 radical (unpaired) electrons. The van der Waals surface area contributed by atoms with Crippen molar-refractivity contribution >= 4 is 5.69 Å². The molecule has 4 heteroatoms. The van der Waals surface area contributed by atoms with E-state index < -0.39 is 0 Å². The Labute approximate surface area is 127 Å². The molecular formula is C17H27FN2O. The zero-order valence-corrected chi connectivity index (χ0v) is 13.4. The number of benzene rings is 1. The van der Waals surface area contributed by atoms with E-state index in [2.05, 4.69) is 19.2 Å². The Balaban J connectivity index is 2.00. The van der Waals surface area contributed by atoms with Crippen LogP contribution in [0.25, 0.3) is 0 Å². The van der Waals surface area contributed by atoms with Gasteiger partial charge in [-0.2, -0.15) is 0 Å². The summed E-state index contributed by atoms with van der Waals surface area (Å²) in [6.45, 7) is 8.69. The second kappa shape index (κ2) is 7.23. The summed E-state index contributed by atoms with van der Waals surface area (Å²) in [7, 11) is 1.96. The number of rotatable bonds is 7. The SMILES string of the molecule is CC(C)CNCC1(CN(C)c2ccccc2F)CCOC1. The van der Waals surface area contributed by atoms with E-state index in [1.165, 1.54) is 6.07 Å². The van der Waals surface area contributed by atoms with Crippen molar-refractivity contribution < 1.29 is 9.13 Å². The molecule has 3 nitrogen and oxygen atoms in total. The summed E-state index contributed by atoms with van der Waals surface area (Å²) in [6, 6.07) is 6.95. The van der Waals surface area contributed by atoms with Gasteiger partial charge >= 0.3 is 0 Å². The van der Waals surface area contributed by atoms with Crippen LogP contribution in [0.5, 0.6) is 0 Å². The van der Waals surface area contributed by atoms with Gasteiger partial charge in [-0.3, -0.25) is 0 Å². The lowest BCUT2D eigenvalue weighted by Crippen LogP contribution is -2.44. The van der Waals surface area contributed by atoms with Crippen LogP contribution in [0.1, 0.15) is 20.3 Å². The van der Waals surface area contributed by atoms with Gasteiger partial charge in [-0.25, -0.2) is 4.39 Å². The molecule has 0 saturated carbocycles. The van der Waals surface area contributed by atoms with Gasteiger partial charge in [0.2, 0.25) is 0 Å². The van der Waals surface area contributed by atoms with Gasteiger partial charge in [0.25, 0.3) is 0 Å². The zero-order valence-electron chi connectivity index (χ0n) is 13.4. The standard InChI is InChI=1S/C17H27FN2O/c1-14(2)10-19-11-17(8-9-21-13-17)12-20(3)16-7-5-4-6-15(16)18/h4-7,14,19H,8-13H2,1-3H3. The molecule has 2 rings (SSSR count). The maximum Gasteiger partial charge on any atom is 0.146 e. The summed E-state index contributed by atoms with van der Waals surface area (Å²) < 4.78 is 19.5. The van der Waals surface area contributed by atoms with Crippen LogP contribution in [-0.2, 0) is 4.74 Å². The largest absolute Gasteiger partial charge is 0.381 e. The van der Waals surface area contributed by atoms with Crippen LogP contribution in [0.3, 0.4) is 0 Å². The van der Waals surface area contributed by atoms with Crippen LogP contribution in [0.15, 0.2) is 24.3 Å². The summed E-state index contributed by atoms with van der Waals surface area (Å²) in [5, 5.41) is 3.54. The molecule has 0 aliphatic carbocycles. The molecule has 1 N–H and O–H groups in total. The van der Waals surface area contributed by atoms with E-state index in [4.69, 9.17) is 4.74 Å². The molecule has 1 atom stereocenters. The van der Waals surface area contributed by atoms with Crippen molar-refractivity contribution in [2.75, 3.05) is 44.8 Å². The lowest BCUT2D eigenvalue weighted by Gasteiger charge is -2.34. The number of halogens is 1. The van der Waals surface area contributed by atoms with E-state index >= 15 is 0 Å². The van der Waals surface area contributed by atoms with Crippen LogP contribution < -0.4 is 10.2 Å². The predicted octanol–water partition coefficient (Wildman–Crippen LogP) is 2.91. The molecule has 0 bridgehead atoms. The molecule has 1 aliphatic rings. The van der Waals surface area contributed by atoms with Crippen LogP contribution in [-0.4, -0.2) is 39.9 Å². The van der Waals surface area contributed by atoms with E-state index in [1.807, 2.05) is 24.1 Å². The lowest BCUT2D eigenvalue weighted by atomic mass is 9.86. The summed E-state index contributed by atoms with van der Waals surface area (Å²) in [4.78, 5) is 2.01. The molecule has 1 aliphatic heterocycles. The third kappa shape index (κ3) is 4.42. The van der Waals surface area contributed by atoms with Gasteiger partial charge in [-0.1, -0.05) is 26.0 Å². The Kier molecular flexibility index (Phi) is 5.59. The van der Waals surface area contributed by atoms with Crippen molar-refractivity contribution in [2.45, 2.75) is 20.3 Å². The first-order valence-electron chi connectivity index (χ1n) is 7.77. The number of hydrogen-bond acceptors (Lipinski definition) is 3. The number of hydrogen-bond donors (Lipinski definition) is 1. The molecule has 1 aromatic carbocycles. The van der Waals surface area contributed by atoms with Gasteiger partial charge in [-0.05, 0) is 31.0 Å². The van der Waals surface area contributed by atoms with Gasteiger partial charge < -0.3 is 15.0 Å². The first-order valence-corrected chi connectivity index (χ1v) is 7.77. The first-order chi connectivity index (χ1) is 10.0. The highest BCUT2D eigenvalue weighted by molar-refractivity contribution is 5.47.